The van der Waals surface area contributed by atoms with E-state index in [2.05, 4.69) is 11.6 Å². The van der Waals surface area contributed by atoms with Crippen molar-refractivity contribution in [2.24, 2.45) is 0 Å². The van der Waals surface area contributed by atoms with Crippen LogP contribution in [0.25, 0.3) is 27.8 Å². The van der Waals surface area contributed by atoms with Gasteiger partial charge in [-0.2, -0.15) is 0 Å². The number of aromatic nitrogens is 3. The number of amides is 1. The van der Waals surface area contributed by atoms with Crippen LogP contribution in [-0.4, -0.2) is 45.1 Å². The van der Waals surface area contributed by atoms with Gasteiger partial charge in [-0.1, -0.05) is 30.8 Å². The molecule has 7 heteroatoms. The molecule has 0 N–H and O–H groups in total. The zero-order valence-corrected chi connectivity index (χ0v) is 19.1. The monoisotopic (exact) mass is 454 g/mol. The van der Waals surface area contributed by atoms with E-state index in [4.69, 9.17) is 4.74 Å². The summed E-state index contributed by atoms with van der Waals surface area (Å²) in [4.78, 5) is 32.0. The number of methoxy groups -OCH3 is 1. The molecule has 0 saturated carbocycles. The van der Waals surface area contributed by atoms with Crippen molar-refractivity contribution in [2.45, 2.75) is 18.9 Å². The van der Waals surface area contributed by atoms with Gasteiger partial charge >= 0.3 is 5.69 Å². The van der Waals surface area contributed by atoms with Crippen LogP contribution >= 0.6 is 0 Å². The lowest BCUT2D eigenvalue weighted by atomic mass is 10.1. The molecule has 2 aromatic heterocycles. The number of hydrogen-bond acceptors (Lipinski definition) is 4. The summed E-state index contributed by atoms with van der Waals surface area (Å²) < 4.78 is 8.85. The van der Waals surface area contributed by atoms with E-state index in [0.29, 0.717) is 13.1 Å². The van der Waals surface area contributed by atoms with Crippen molar-refractivity contribution < 1.29 is 9.53 Å². The summed E-state index contributed by atoms with van der Waals surface area (Å²) in [6.45, 7) is 4.77. The summed E-state index contributed by atoms with van der Waals surface area (Å²) in [5.41, 5.74) is 4.27. The van der Waals surface area contributed by atoms with Gasteiger partial charge in [0.15, 0.2) is 0 Å². The smallest absolute Gasteiger partial charge is 0.334 e. The standard InChI is InChI=1S/C27H26N4O3/c1-3-26(32)29-15-5-7-22(18-29)31-24-13-14-28-17-25(24)30(27(31)33)21-11-9-19(10-12-21)20-6-4-8-23(16-20)34-2/h3-4,6,8-14,16-17,22H,1,5,7,15,18H2,2H3/t22-/m1/s1. The Morgan fingerprint density at radius 3 is 2.71 bits per heavy atom. The fourth-order valence-electron chi connectivity index (χ4n) is 4.77. The van der Waals surface area contributed by atoms with E-state index in [1.807, 2.05) is 59.2 Å². The van der Waals surface area contributed by atoms with Crippen molar-refractivity contribution in [2.75, 3.05) is 20.2 Å². The van der Waals surface area contributed by atoms with Gasteiger partial charge in [0.1, 0.15) is 5.75 Å². The zero-order chi connectivity index (χ0) is 23.7. The van der Waals surface area contributed by atoms with Crippen molar-refractivity contribution in [3.63, 3.8) is 0 Å². The summed E-state index contributed by atoms with van der Waals surface area (Å²) in [6.07, 6.45) is 6.42. The molecule has 4 aromatic rings. The molecule has 0 spiro atoms. The summed E-state index contributed by atoms with van der Waals surface area (Å²) in [5.74, 6) is 0.694. The lowest BCUT2D eigenvalue weighted by Crippen LogP contribution is -2.42. The Morgan fingerprint density at radius 2 is 1.94 bits per heavy atom. The molecule has 0 aliphatic carbocycles. The second-order valence-electron chi connectivity index (χ2n) is 8.42. The molecule has 1 aliphatic heterocycles. The molecule has 1 aliphatic rings. The number of carbonyl (C=O) groups is 1. The number of rotatable bonds is 5. The van der Waals surface area contributed by atoms with Crippen LogP contribution in [0.1, 0.15) is 18.9 Å². The second kappa shape index (κ2) is 9.02. The highest BCUT2D eigenvalue weighted by Crippen LogP contribution is 2.28. The zero-order valence-electron chi connectivity index (χ0n) is 19.1. The predicted molar refractivity (Wildman–Crippen MR) is 132 cm³/mol. The van der Waals surface area contributed by atoms with Gasteiger partial charge in [0.05, 0.1) is 36.1 Å². The van der Waals surface area contributed by atoms with Crippen molar-refractivity contribution in [3.8, 4) is 22.6 Å². The Kier molecular flexibility index (Phi) is 5.76. The van der Waals surface area contributed by atoms with Crippen LogP contribution in [0, 0.1) is 0 Å². The molecule has 1 amide bonds. The topological polar surface area (TPSA) is 69.4 Å². The Balaban J connectivity index is 1.56. The summed E-state index contributed by atoms with van der Waals surface area (Å²) in [6, 6.07) is 17.5. The van der Waals surface area contributed by atoms with Crippen molar-refractivity contribution in [3.05, 3.63) is 90.1 Å². The Labute approximate surface area is 197 Å². The van der Waals surface area contributed by atoms with Crippen LogP contribution in [0.15, 0.2) is 84.4 Å². The first kappa shape index (κ1) is 21.7. The lowest BCUT2D eigenvalue weighted by Gasteiger charge is -2.32. The summed E-state index contributed by atoms with van der Waals surface area (Å²) in [5, 5.41) is 0. The van der Waals surface area contributed by atoms with E-state index in [1.165, 1.54) is 6.08 Å². The highest BCUT2D eigenvalue weighted by atomic mass is 16.5. The van der Waals surface area contributed by atoms with Gasteiger partial charge in [-0.15, -0.1) is 0 Å². The predicted octanol–water partition coefficient (Wildman–Crippen LogP) is 4.21. The van der Waals surface area contributed by atoms with Crippen LogP contribution in [-0.2, 0) is 4.79 Å². The molecule has 0 radical (unpaired) electrons. The fourth-order valence-corrected chi connectivity index (χ4v) is 4.77. The molecule has 3 heterocycles. The normalized spacial score (nSPS) is 15.9. The van der Waals surface area contributed by atoms with E-state index >= 15 is 0 Å². The molecule has 0 bridgehead atoms. The first-order valence-corrected chi connectivity index (χ1v) is 11.3. The van der Waals surface area contributed by atoms with Crippen molar-refractivity contribution in [1.29, 1.82) is 0 Å². The van der Waals surface area contributed by atoms with Crippen LogP contribution in [0.5, 0.6) is 5.75 Å². The number of piperidine rings is 1. The van der Waals surface area contributed by atoms with Gasteiger partial charge in [0, 0.05) is 19.3 Å². The maximum atomic E-state index is 13.7. The highest BCUT2D eigenvalue weighted by Gasteiger charge is 2.27. The maximum absolute atomic E-state index is 13.7. The van der Waals surface area contributed by atoms with E-state index < -0.39 is 0 Å². The van der Waals surface area contributed by atoms with Crippen LogP contribution in [0.3, 0.4) is 0 Å². The molecule has 5 rings (SSSR count). The Morgan fingerprint density at radius 1 is 1.12 bits per heavy atom. The maximum Gasteiger partial charge on any atom is 0.334 e. The molecule has 172 valence electrons. The third-order valence-electron chi connectivity index (χ3n) is 6.45. The van der Waals surface area contributed by atoms with E-state index in [9.17, 15) is 9.59 Å². The third-order valence-corrected chi connectivity index (χ3v) is 6.45. The number of pyridine rings is 1. The highest BCUT2D eigenvalue weighted by molar-refractivity contribution is 5.87. The minimum Gasteiger partial charge on any atom is -0.497 e. The van der Waals surface area contributed by atoms with E-state index in [-0.39, 0.29) is 17.6 Å². The van der Waals surface area contributed by atoms with Crippen LogP contribution < -0.4 is 10.4 Å². The van der Waals surface area contributed by atoms with Crippen molar-refractivity contribution >= 4 is 16.9 Å². The number of imidazole rings is 1. The molecule has 2 aromatic carbocycles. The van der Waals surface area contributed by atoms with E-state index in [0.717, 1.165) is 46.4 Å². The van der Waals surface area contributed by atoms with E-state index in [1.54, 1.807) is 29.0 Å². The SMILES string of the molecule is C=CC(=O)N1CCC[C@@H](n2c(=O)n(-c3ccc(-c4cccc(OC)c4)cc3)c3cnccc32)C1. The largest absolute Gasteiger partial charge is 0.497 e. The quantitative estimate of drug-likeness (QED) is 0.424. The van der Waals surface area contributed by atoms with Gasteiger partial charge in [-0.3, -0.25) is 18.9 Å². The summed E-state index contributed by atoms with van der Waals surface area (Å²) in [7, 11) is 1.65. The minimum absolute atomic E-state index is 0.101. The van der Waals surface area contributed by atoms with Gasteiger partial charge in [-0.05, 0) is 60.4 Å². The number of carbonyl (C=O) groups excluding carboxylic acids is 1. The minimum atomic E-state index is -0.130. The van der Waals surface area contributed by atoms with Crippen LogP contribution in [0.2, 0.25) is 0 Å². The number of ether oxygens (including phenoxy) is 1. The van der Waals surface area contributed by atoms with Gasteiger partial charge in [0.2, 0.25) is 5.91 Å². The fraction of sp³-hybridized carbons (Fsp3) is 0.222. The van der Waals surface area contributed by atoms with Gasteiger partial charge in [-0.25, -0.2) is 4.79 Å². The number of fused-ring (bicyclic) bond motifs is 1. The van der Waals surface area contributed by atoms with Gasteiger partial charge < -0.3 is 9.64 Å². The number of nitrogens with zero attached hydrogens (tertiary/aromatic N) is 4. The molecule has 34 heavy (non-hydrogen) atoms. The average Bonchev–Trinajstić information content (AvgIpc) is 3.20. The van der Waals surface area contributed by atoms with Crippen LogP contribution in [0.4, 0.5) is 0 Å². The molecule has 1 atom stereocenters. The number of benzene rings is 2. The second-order valence-corrected chi connectivity index (χ2v) is 8.42. The molecular formula is C27H26N4O3. The third kappa shape index (κ3) is 3.79. The molecule has 0 unspecified atom stereocenters. The lowest BCUT2D eigenvalue weighted by molar-refractivity contribution is -0.127. The average molecular weight is 455 g/mol. The Bertz CT molecular complexity index is 1420. The molecule has 7 nitrogen and oxygen atoms in total. The van der Waals surface area contributed by atoms with Crippen molar-refractivity contribution in [1.82, 2.24) is 19.0 Å². The first-order chi connectivity index (χ1) is 16.6. The molecule has 1 saturated heterocycles. The first-order valence-electron chi connectivity index (χ1n) is 11.3. The molecular weight excluding hydrogens is 428 g/mol. The number of hydrogen-bond donors (Lipinski definition) is 0. The summed E-state index contributed by atoms with van der Waals surface area (Å²) >= 11 is 0. The molecule has 1 fully saturated rings. The van der Waals surface area contributed by atoms with Gasteiger partial charge in [0.25, 0.3) is 0 Å². The Hall–Kier alpha value is -4.13. The number of likely N-dealkylation sites (tertiary alicyclic amines) is 1.